The third-order valence-corrected chi connectivity index (χ3v) is 4.05. The summed E-state index contributed by atoms with van der Waals surface area (Å²) in [6.45, 7) is 0.425. The quantitative estimate of drug-likeness (QED) is 0.407. The number of carbonyl (C=O) groups is 2. The van der Waals surface area contributed by atoms with Crippen LogP contribution in [-0.4, -0.2) is 29.0 Å². The van der Waals surface area contributed by atoms with Gasteiger partial charge >= 0.3 is 6.03 Å². The lowest BCUT2D eigenvalue weighted by Crippen LogP contribution is -2.25. The van der Waals surface area contributed by atoms with Crippen molar-refractivity contribution in [3.8, 4) is 0 Å². The molecule has 0 aliphatic carbocycles. The molecule has 1 heterocycles. The molecule has 0 fully saturated rings. The van der Waals surface area contributed by atoms with Gasteiger partial charge in [0.15, 0.2) is 0 Å². The second kappa shape index (κ2) is 9.32. The molecule has 1 aromatic heterocycles. The molecular formula is C20H20FN7O2. The van der Waals surface area contributed by atoms with E-state index in [1.807, 2.05) is 30.3 Å². The molecule has 0 spiro atoms. The molecule has 0 radical (unpaired) electrons. The maximum Gasteiger partial charge on any atom is 0.319 e. The van der Waals surface area contributed by atoms with Crippen molar-refractivity contribution in [2.24, 2.45) is 5.73 Å². The summed E-state index contributed by atoms with van der Waals surface area (Å²) in [5.41, 5.74) is 6.96. The minimum atomic E-state index is -0.670. The molecule has 3 aromatic rings. The lowest BCUT2D eigenvalue weighted by molar-refractivity contribution is 0.100. The van der Waals surface area contributed by atoms with Crippen LogP contribution in [0.1, 0.15) is 15.9 Å². The number of amides is 3. The third-order valence-electron chi connectivity index (χ3n) is 4.05. The zero-order chi connectivity index (χ0) is 21.5. The summed E-state index contributed by atoms with van der Waals surface area (Å²) in [5.74, 6) is -0.849. The topological polar surface area (TPSA) is 134 Å². The van der Waals surface area contributed by atoms with Gasteiger partial charge in [-0.15, -0.1) is 0 Å². The van der Waals surface area contributed by atoms with Gasteiger partial charge in [-0.1, -0.05) is 30.3 Å². The number of carbonyl (C=O) groups excluding carboxylic acids is 2. The smallest absolute Gasteiger partial charge is 0.319 e. The standard InChI is InChI=1S/C20H20FN7O2/c1-23-20(30)27-16-9-13(7-8-15(16)21)26-19-25-11-14(17(22)29)18(28-19)24-10-12-5-3-2-4-6-12/h2-9,11H,10H2,1H3,(H2,22,29)(H2,23,27,30)(H2,24,25,26,28). The maximum atomic E-state index is 13.9. The minimum Gasteiger partial charge on any atom is -0.365 e. The fourth-order valence-electron chi connectivity index (χ4n) is 2.55. The van der Waals surface area contributed by atoms with Crippen LogP contribution in [0.3, 0.4) is 0 Å². The first-order chi connectivity index (χ1) is 14.5. The number of nitrogens with zero attached hydrogens (tertiary/aromatic N) is 2. The van der Waals surface area contributed by atoms with Gasteiger partial charge in [-0.3, -0.25) is 4.79 Å². The van der Waals surface area contributed by atoms with Crippen LogP contribution in [0.2, 0.25) is 0 Å². The number of benzene rings is 2. The van der Waals surface area contributed by atoms with Gasteiger partial charge in [-0.25, -0.2) is 14.2 Å². The van der Waals surface area contributed by atoms with Crippen LogP contribution in [0.5, 0.6) is 0 Å². The minimum absolute atomic E-state index is 0.0180. The Bertz CT molecular complexity index is 1060. The first-order valence-electron chi connectivity index (χ1n) is 8.96. The molecule has 0 aliphatic heterocycles. The molecule has 9 nitrogen and oxygen atoms in total. The second-order valence-corrected chi connectivity index (χ2v) is 6.18. The summed E-state index contributed by atoms with van der Waals surface area (Å²) in [6.07, 6.45) is 1.30. The van der Waals surface area contributed by atoms with Gasteiger partial charge in [0.25, 0.3) is 5.91 Å². The number of nitrogens with one attached hydrogen (secondary N) is 4. The van der Waals surface area contributed by atoms with E-state index in [1.165, 1.54) is 31.4 Å². The molecule has 0 atom stereocenters. The Morgan fingerprint density at radius 2 is 1.90 bits per heavy atom. The third kappa shape index (κ3) is 5.19. The van der Waals surface area contributed by atoms with Crippen LogP contribution in [0.25, 0.3) is 0 Å². The number of anilines is 4. The van der Waals surface area contributed by atoms with Gasteiger partial charge < -0.3 is 27.0 Å². The first kappa shape index (κ1) is 20.5. The molecular weight excluding hydrogens is 389 g/mol. The molecule has 10 heteroatoms. The van der Waals surface area contributed by atoms with E-state index in [-0.39, 0.29) is 23.0 Å². The van der Waals surface area contributed by atoms with Crippen molar-refractivity contribution in [1.29, 1.82) is 0 Å². The lowest BCUT2D eigenvalue weighted by Gasteiger charge is -2.12. The molecule has 2 aromatic carbocycles. The van der Waals surface area contributed by atoms with Gasteiger partial charge in [0.2, 0.25) is 5.95 Å². The van der Waals surface area contributed by atoms with Gasteiger partial charge in [0.05, 0.1) is 11.3 Å². The largest absolute Gasteiger partial charge is 0.365 e. The van der Waals surface area contributed by atoms with Crippen LogP contribution in [0.4, 0.5) is 32.3 Å². The van der Waals surface area contributed by atoms with Crippen LogP contribution in [-0.2, 0) is 6.54 Å². The Morgan fingerprint density at radius 1 is 1.13 bits per heavy atom. The Labute approximate surface area is 171 Å². The fourth-order valence-corrected chi connectivity index (χ4v) is 2.55. The van der Waals surface area contributed by atoms with Crippen molar-refractivity contribution < 1.29 is 14.0 Å². The van der Waals surface area contributed by atoms with Gasteiger partial charge in [-0.2, -0.15) is 4.98 Å². The van der Waals surface area contributed by atoms with Crippen molar-refractivity contribution in [2.45, 2.75) is 6.54 Å². The Balaban J connectivity index is 1.82. The average Bonchev–Trinajstić information content (AvgIpc) is 2.75. The molecule has 0 aliphatic rings. The molecule has 154 valence electrons. The van der Waals surface area contributed by atoms with Crippen molar-refractivity contribution in [3.05, 3.63) is 71.7 Å². The number of hydrogen-bond donors (Lipinski definition) is 5. The summed E-state index contributed by atoms with van der Waals surface area (Å²) >= 11 is 0. The normalized spacial score (nSPS) is 10.2. The second-order valence-electron chi connectivity index (χ2n) is 6.18. The van der Waals surface area contributed by atoms with Crippen molar-refractivity contribution in [1.82, 2.24) is 15.3 Å². The van der Waals surface area contributed by atoms with Crippen molar-refractivity contribution >= 4 is 35.1 Å². The van der Waals surface area contributed by atoms with Crippen molar-refractivity contribution in [3.63, 3.8) is 0 Å². The molecule has 0 unspecified atom stereocenters. The molecule has 0 saturated carbocycles. The van der Waals surface area contributed by atoms with E-state index < -0.39 is 17.8 Å². The van der Waals surface area contributed by atoms with E-state index in [1.54, 1.807) is 0 Å². The number of hydrogen-bond acceptors (Lipinski definition) is 6. The lowest BCUT2D eigenvalue weighted by atomic mass is 10.2. The predicted octanol–water partition coefficient (Wildman–Crippen LogP) is 2.82. The number of primary amides is 1. The predicted molar refractivity (Wildman–Crippen MR) is 112 cm³/mol. The van der Waals surface area contributed by atoms with E-state index >= 15 is 0 Å². The Kier molecular flexibility index (Phi) is 6.38. The average molecular weight is 409 g/mol. The zero-order valence-electron chi connectivity index (χ0n) is 16.1. The summed E-state index contributed by atoms with van der Waals surface area (Å²) in [4.78, 5) is 31.6. The van der Waals surface area contributed by atoms with E-state index in [0.29, 0.717) is 12.2 Å². The number of nitrogens with two attached hydrogens (primary N) is 1. The summed E-state index contributed by atoms with van der Waals surface area (Å²) < 4.78 is 13.9. The number of halogens is 1. The van der Waals surface area contributed by atoms with E-state index in [0.717, 1.165) is 5.56 Å². The Morgan fingerprint density at radius 3 is 2.60 bits per heavy atom. The highest BCUT2D eigenvalue weighted by atomic mass is 19.1. The zero-order valence-corrected chi connectivity index (χ0v) is 16.1. The number of aromatic nitrogens is 2. The molecule has 6 N–H and O–H groups in total. The molecule has 3 rings (SSSR count). The molecule has 0 bridgehead atoms. The van der Waals surface area contributed by atoms with Crippen LogP contribution in [0.15, 0.2) is 54.7 Å². The van der Waals surface area contributed by atoms with E-state index in [9.17, 15) is 14.0 Å². The SMILES string of the molecule is CNC(=O)Nc1cc(Nc2ncc(C(N)=O)c(NCc3ccccc3)n2)ccc1F. The molecule has 0 saturated heterocycles. The summed E-state index contributed by atoms with van der Waals surface area (Å²) in [5, 5.41) is 10.7. The van der Waals surface area contributed by atoms with Crippen LogP contribution < -0.4 is 27.0 Å². The fraction of sp³-hybridized carbons (Fsp3) is 0.100. The van der Waals surface area contributed by atoms with E-state index in [2.05, 4.69) is 31.2 Å². The van der Waals surface area contributed by atoms with Gasteiger partial charge in [0.1, 0.15) is 11.6 Å². The monoisotopic (exact) mass is 409 g/mol. The van der Waals surface area contributed by atoms with Crippen molar-refractivity contribution in [2.75, 3.05) is 23.0 Å². The maximum absolute atomic E-state index is 13.9. The first-order valence-corrected chi connectivity index (χ1v) is 8.96. The number of rotatable bonds is 7. The highest BCUT2D eigenvalue weighted by Gasteiger charge is 2.13. The highest BCUT2D eigenvalue weighted by molar-refractivity contribution is 5.97. The van der Waals surface area contributed by atoms with Gasteiger partial charge in [0, 0.05) is 25.5 Å². The van der Waals surface area contributed by atoms with Gasteiger partial charge in [-0.05, 0) is 23.8 Å². The summed E-state index contributed by atoms with van der Waals surface area (Å²) in [6, 6.07) is 13.1. The number of urea groups is 1. The van der Waals surface area contributed by atoms with Crippen LogP contribution >= 0.6 is 0 Å². The van der Waals surface area contributed by atoms with E-state index in [4.69, 9.17) is 5.73 Å². The Hall–Kier alpha value is -4.21. The summed E-state index contributed by atoms with van der Waals surface area (Å²) in [7, 11) is 1.42. The van der Waals surface area contributed by atoms with Crippen LogP contribution in [0, 0.1) is 5.82 Å². The molecule has 3 amide bonds. The molecule has 30 heavy (non-hydrogen) atoms. The highest BCUT2D eigenvalue weighted by Crippen LogP contribution is 2.23.